The molecule has 0 aromatic heterocycles. The normalized spacial score (nSPS) is 16.8. The molecule has 1 aromatic carbocycles. The summed E-state index contributed by atoms with van der Waals surface area (Å²) in [4.78, 5) is 0. The molecule has 1 aromatic rings. The van der Waals surface area contributed by atoms with Crippen LogP contribution in [0.4, 0.5) is 92.2 Å². The van der Waals surface area contributed by atoms with E-state index in [-0.39, 0.29) is 5.19 Å². The fraction of sp³-hybridized carbons (Fsp3) is 0.700. The number of hydrogen-bond acceptors (Lipinski definition) is 0. The molecule has 0 aliphatic carbocycles. The highest BCUT2D eigenvalue weighted by molar-refractivity contribution is 14.1. The molecular formula is C20H14F21ISi. The fourth-order valence-electron chi connectivity index (χ4n) is 3.25. The van der Waals surface area contributed by atoms with Crippen LogP contribution in [0.15, 0.2) is 30.3 Å². The van der Waals surface area contributed by atoms with Crippen molar-refractivity contribution in [2.45, 2.75) is 82.5 Å². The van der Waals surface area contributed by atoms with Crippen molar-refractivity contribution >= 4 is 35.9 Å². The molecule has 43 heavy (non-hydrogen) atoms. The lowest BCUT2D eigenvalue weighted by Crippen LogP contribution is -2.77. The van der Waals surface area contributed by atoms with E-state index in [1.807, 2.05) is 0 Å². The number of alkyl halides is 22. The average molecular weight is 808 g/mol. The van der Waals surface area contributed by atoms with E-state index in [0.717, 1.165) is 35.7 Å². The minimum absolute atomic E-state index is 0.149. The molecule has 0 spiro atoms. The Morgan fingerprint density at radius 2 is 0.767 bits per heavy atom. The Morgan fingerprint density at radius 1 is 0.488 bits per heavy atom. The summed E-state index contributed by atoms with van der Waals surface area (Å²) in [6.45, 7) is 2.29. The second kappa shape index (κ2) is 10.9. The summed E-state index contributed by atoms with van der Waals surface area (Å²) in [5.74, 6) is -76.7. The molecule has 252 valence electrons. The zero-order valence-corrected chi connectivity index (χ0v) is 23.6. The fourth-order valence-corrected chi connectivity index (χ4v) is 7.06. The summed E-state index contributed by atoms with van der Waals surface area (Å²) < 4.78 is 283. The monoisotopic (exact) mass is 808 g/mol. The highest BCUT2D eigenvalue weighted by Crippen LogP contribution is 2.66. The van der Waals surface area contributed by atoms with Crippen LogP contribution in [-0.2, 0) is 0 Å². The predicted molar refractivity (Wildman–Crippen MR) is 117 cm³/mol. The van der Waals surface area contributed by atoms with Crippen LogP contribution in [0.25, 0.3) is 0 Å². The Balaban J connectivity index is 3.69. The van der Waals surface area contributed by atoms with Crippen LogP contribution in [-0.4, -0.2) is 71.1 Å². The van der Waals surface area contributed by atoms with E-state index in [2.05, 4.69) is 0 Å². The third-order valence-electron chi connectivity index (χ3n) is 6.31. The van der Waals surface area contributed by atoms with Crippen molar-refractivity contribution in [1.82, 2.24) is 0 Å². The lowest BCUT2D eigenvalue weighted by atomic mass is 9.86. The molecule has 0 aliphatic heterocycles. The van der Waals surface area contributed by atoms with Crippen LogP contribution in [0, 0.1) is 0 Å². The molecule has 0 N–H and O–H groups in total. The van der Waals surface area contributed by atoms with E-state index in [4.69, 9.17) is 0 Å². The maximum atomic E-state index is 14.4. The Morgan fingerprint density at radius 3 is 1.07 bits per heavy atom. The van der Waals surface area contributed by atoms with Crippen molar-refractivity contribution in [1.29, 1.82) is 0 Å². The van der Waals surface area contributed by atoms with E-state index in [0.29, 0.717) is 0 Å². The second-order valence-electron chi connectivity index (χ2n) is 9.56. The van der Waals surface area contributed by atoms with Crippen molar-refractivity contribution < 1.29 is 92.2 Å². The molecule has 23 heteroatoms. The zero-order chi connectivity index (χ0) is 34.9. The summed E-state index contributed by atoms with van der Waals surface area (Å²) in [5, 5.41) is 0.149. The summed E-state index contributed by atoms with van der Waals surface area (Å²) in [5.41, 5.74) is 0. The first-order chi connectivity index (χ1) is 18.5. The molecule has 1 rings (SSSR count). The Labute approximate surface area is 241 Å². The van der Waals surface area contributed by atoms with E-state index in [9.17, 15) is 92.2 Å². The maximum absolute atomic E-state index is 14.4. The van der Waals surface area contributed by atoms with E-state index < -0.39 is 77.5 Å². The van der Waals surface area contributed by atoms with E-state index >= 15 is 0 Å². The molecule has 1 atom stereocenters. The van der Waals surface area contributed by atoms with Gasteiger partial charge in [-0.3, -0.25) is 0 Å². The highest BCUT2D eigenvalue weighted by Gasteiger charge is 2.97. The minimum atomic E-state index is -9.16. The molecule has 0 heterocycles. The van der Waals surface area contributed by atoms with Gasteiger partial charge in [0.15, 0.2) is 0 Å². The van der Waals surface area contributed by atoms with Gasteiger partial charge in [-0.1, -0.05) is 71.2 Å². The number of halogens is 22. The number of hydrogen-bond donors (Lipinski definition) is 0. The SMILES string of the molecule is C[Si](C)(c1ccccc1)C(I)CC(F)(F)C(F)(F)C(F)(F)C(F)(F)C(F)(F)C(F)(F)C(F)(F)C(F)(F)C(F)(F)C(F)(F)F. The first kappa shape index (κ1) is 39.7. The summed E-state index contributed by atoms with van der Waals surface area (Å²) >= 11 is 0.966. The van der Waals surface area contributed by atoms with E-state index in [1.165, 1.54) is 30.3 Å². The summed E-state index contributed by atoms with van der Waals surface area (Å²) in [6.07, 6.45) is -10.6. The molecule has 0 bridgehead atoms. The Bertz CT molecular complexity index is 1130. The third-order valence-corrected chi connectivity index (χ3v) is 15.0. The van der Waals surface area contributed by atoms with Gasteiger partial charge < -0.3 is 0 Å². The van der Waals surface area contributed by atoms with Gasteiger partial charge >= 0.3 is 59.5 Å². The van der Waals surface area contributed by atoms with Gasteiger partial charge in [-0.15, -0.1) is 0 Å². The lowest BCUT2D eigenvalue weighted by Gasteiger charge is -2.45. The van der Waals surface area contributed by atoms with E-state index in [1.54, 1.807) is 0 Å². The van der Waals surface area contributed by atoms with Crippen molar-refractivity contribution in [3.05, 3.63) is 30.3 Å². The van der Waals surface area contributed by atoms with Gasteiger partial charge in [0, 0.05) is 9.97 Å². The van der Waals surface area contributed by atoms with Gasteiger partial charge in [0.2, 0.25) is 0 Å². The lowest BCUT2D eigenvalue weighted by molar-refractivity contribution is -0.474. The smallest absolute Gasteiger partial charge is 0.200 e. The molecule has 1 unspecified atom stereocenters. The quantitative estimate of drug-likeness (QED) is 0.0855. The van der Waals surface area contributed by atoms with Gasteiger partial charge in [-0.25, -0.2) is 0 Å². The Kier molecular flexibility index (Phi) is 10.1. The first-order valence-corrected chi connectivity index (χ1v) is 15.0. The van der Waals surface area contributed by atoms with Crippen LogP contribution in [0.1, 0.15) is 6.42 Å². The van der Waals surface area contributed by atoms with Crippen LogP contribution < -0.4 is 5.19 Å². The maximum Gasteiger partial charge on any atom is 0.460 e. The molecule has 0 amide bonds. The van der Waals surface area contributed by atoms with Gasteiger partial charge in [0.05, 0.1) is 8.07 Å². The molecule has 0 aliphatic rings. The summed E-state index contributed by atoms with van der Waals surface area (Å²) in [6, 6.07) is 6.43. The molecule has 0 nitrogen and oxygen atoms in total. The molecular weight excluding hydrogens is 794 g/mol. The third kappa shape index (κ3) is 5.56. The van der Waals surface area contributed by atoms with Crippen LogP contribution in [0.2, 0.25) is 13.1 Å². The van der Waals surface area contributed by atoms with Gasteiger partial charge in [0.1, 0.15) is 0 Å². The number of benzene rings is 1. The summed E-state index contributed by atoms with van der Waals surface area (Å²) in [7, 11) is -3.49. The second-order valence-corrected chi connectivity index (χ2v) is 17.0. The number of rotatable bonds is 12. The molecule has 0 saturated heterocycles. The molecule has 0 fully saturated rings. The van der Waals surface area contributed by atoms with Crippen molar-refractivity contribution in [3.8, 4) is 0 Å². The predicted octanol–water partition coefficient (Wildman–Crippen LogP) is 9.61. The first-order valence-electron chi connectivity index (χ1n) is 10.6. The molecule has 0 saturated carbocycles. The van der Waals surface area contributed by atoms with Crippen LogP contribution >= 0.6 is 22.6 Å². The average Bonchev–Trinajstić information content (AvgIpc) is 2.82. The highest BCUT2D eigenvalue weighted by atomic mass is 127. The largest absolute Gasteiger partial charge is 0.460 e. The van der Waals surface area contributed by atoms with Crippen molar-refractivity contribution in [2.75, 3.05) is 0 Å². The minimum Gasteiger partial charge on any atom is -0.200 e. The van der Waals surface area contributed by atoms with Crippen LogP contribution in [0.5, 0.6) is 0 Å². The van der Waals surface area contributed by atoms with Crippen molar-refractivity contribution in [3.63, 3.8) is 0 Å². The zero-order valence-electron chi connectivity index (χ0n) is 20.5. The van der Waals surface area contributed by atoms with Gasteiger partial charge in [-0.05, 0) is 0 Å². The van der Waals surface area contributed by atoms with Gasteiger partial charge in [-0.2, -0.15) is 92.2 Å². The van der Waals surface area contributed by atoms with Gasteiger partial charge in [0.25, 0.3) is 0 Å². The van der Waals surface area contributed by atoms with Crippen molar-refractivity contribution in [2.24, 2.45) is 0 Å². The topological polar surface area (TPSA) is 0 Å². The standard InChI is InChI=1S/C20H14F21ISi/c1-43(2,9-6-4-3-5-7-9)10(42)8-11(21,22)12(23,24)13(25,26)14(27,28)15(29,30)16(31,32)17(33,34)18(35,36)19(37,38)20(39,40)41/h3-7,10H,8H2,1-2H3. The molecule has 0 radical (unpaired) electrons. The Hall–Kier alpha value is -1.30. The van der Waals surface area contributed by atoms with Crippen LogP contribution in [0.3, 0.4) is 0 Å².